The Labute approximate surface area is 119 Å². The fourth-order valence-electron chi connectivity index (χ4n) is 1.64. The molecule has 0 aliphatic carbocycles. The van der Waals surface area contributed by atoms with Crippen LogP contribution in [-0.4, -0.2) is 5.91 Å². The van der Waals surface area contributed by atoms with E-state index >= 15 is 0 Å². The third kappa shape index (κ3) is 3.24. The van der Waals surface area contributed by atoms with E-state index in [1.165, 1.54) is 30.3 Å². The summed E-state index contributed by atoms with van der Waals surface area (Å²) in [6.45, 7) is 0.104. The van der Waals surface area contributed by atoms with Gasteiger partial charge in [0.1, 0.15) is 11.6 Å². The molecule has 0 fully saturated rings. The maximum Gasteiger partial charge on any atom is 0.254 e. The van der Waals surface area contributed by atoms with Crippen LogP contribution in [-0.2, 0) is 6.54 Å². The molecule has 1 amide bonds. The van der Waals surface area contributed by atoms with Gasteiger partial charge < -0.3 is 11.1 Å². The minimum absolute atomic E-state index is 0.0353. The predicted molar refractivity (Wildman–Crippen MR) is 73.4 cm³/mol. The topological polar surface area (TPSA) is 55.1 Å². The summed E-state index contributed by atoms with van der Waals surface area (Å²) in [5.74, 6) is -1.80. The fraction of sp³-hybridized carbons (Fsp3) is 0.0714. The summed E-state index contributed by atoms with van der Waals surface area (Å²) >= 11 is 5.63. The molecule has 6 heteroatoms. The van der Waals surface area contributed by atoms with E-state index in [4.69, 9.17) is 17.3 Å². The molecule has 2 aromatic carbocycles. The quantitative estimate of drug-likeness (QED) is 0.855. The van der Waals surface area contributed by atoms with Crippen LogP contribution in [0.25, 0.3) is 0 Å². The molecule has 0 saturated heterocycles. The molecule has 3 N–H and O–H groups in total. The van der Waals surface area contributed by atoms with E-state index in [2.05, 4.69) is 5.32 Å². The van der Waals surface area contributed by atoms with Crippen LogP contribution in [0.4, 0.5) is 14.5 Å². The first kappa shape index (κ1) is 14.3. The summed E-state index contributed by atoms with van der Waals surface area (Å²) in [7, 11) is 0. The molecule has 0 bridgehead atoms. The van der Waals surface area contributed by atoms with Gasteiger partial charge in [-0.1, -0.05) is 17.7 Å². The fourth-order valence-corrected chi connectivity index (χ4v) is 1.85. The van der Waals surface area contributed by atoms with Crippen LogP contribution in [0.2, 0.25) is 5.02 Å². The highest BCUT2D eigenvalue weighted by atomic mass is 35.5. The largest absolute Gasteiger partial charge is 0.399 e. The van der Waals surface area contributed by atoms with E-state index in [0.29, 0.717) is 11.3 Å². The zero-order valence-corrected chi connectivity index (χ0v) is 11.0. The number of hydrogen-bond donors (Lipinski definition) is 2. The Morgan fingerprint density at radius 1 is 1.15 bits per heavy atom. The minimum atomic E-state index is -0.658. The van der Waals surface area contributed by atoms with Gasteiger partial charge in [0.25, 0.3) is 5.91 Å². The van der Waals surface area contributed by atoms with E-state index in [1.54, 1.807) is 0 Å². The Hall–Kier alpha value is -2.14. The second kappa shape index (κ2) is 5.88. The first-order chi connectivity index (χ1) is 9.47. The first-order valence-electron chi connectivity index (χ1n) is 5.74. The number of carbonyl (C=O) groups excluding carboxylic acids is 1. The van der Waals surface area contributed by atoms with Crippen molar-refractivity contribution in [2.24, 2.45) is 0 Å². The Morgan fingerprint density at radius 3 is 2.55 bits per heavy atom. The molecule has 0 radical (unpaired) electrons. The average Bonchev–Trinajstić information content (AvgIpc) is 2.42. The number of benzene rings is 2. The molecule has 0 heterocycles. The van der Waals surface area contributed by atoms with Crippen LogP contribution in [0, 0.1) is 11.6 Å². The van der Waals surface area contributed by atoms with Crippen LogP contribution in [0.5, 0.6) is 0 Å². The van der Waals surface area contributed by atoms with Gasteiger partial charge in [0.15, 0.2) is 0 Å². The number of nitrogens with one attached hydrogen (secondary N) is 1. The Kier molecular flexibility index (Phi) is 4.20. The summed E-state index contributed by atoms with van der Waals surface area (Å²) in [6.07, 6.45) is 0. The molecular weight excluding hydrogens is 286 g/mol. The van der Waals surface area contributed by atoms with Crippen molar-refractivity contribution in [1.82, 2.24) is 5.32 Å². The molecular formula is C14H11ClF2N2O. The third-order valence-corrected chi connectivity index (χ3v) is 2.96. The van der Waals surface area contributed by atoms with Gasteiger partial charge in [-0.25, -0.2) is 8.78 Å². The normalized spacial score (nSPS) is 10.3. The summed E-state index contributed by atoms with van der Waals surface area (Å²) < 4.78 is 26.5. The number of carbonyl (C=O) groups is 1. The van der Waals surface area contributed by atoms with Gasteiger partial charge in [-0.05, 0) is 35.9 Å². The lowest BCUT2D eigenvalue weighted by Gasteiger charge is -2.07. The number of nitrogens with two attached hydrogens (primary N) is 1. The molecule has 3 nitrogen and oxygen atoms in total. The molecule has 0 spiro atoms. The maximum absolute atomic E-state index is 13.5. The number of hydrogen-bond acceptors (Lipinski definition) is 2. The lowest BCUT2D eigenvalue weighted by atomic mass is 10.1. The standard InChI is InChI=1S/C14H11ClF2N2O/c15-11-5-8(1-3-13(11)17)7-19-14(20)10-6-9(18)2-4-12(10)16/h1-6H,7,18H2,(H,19,20). The van der Waals surface area contributed by atoms with Crippen molar-refractivity contribution in [2.45, 2.75) is 6.54 Å². The van der Waals surface area contributed by atoms with Crippen molar-refractivity contribution < 1.29 is 13.6 Å². The molecule has 0 aliphatic rings. The van der Waals surface area contributed by atoms with Crippen LogP contribution in [0.3, 0.4) is 0 Å². The summed E-state index contributed by atoms with van der Waals surface area (Å²) in [5.41, 5.74) is 6.26. The van der Waals surface area contributed by atoms with Crippen molar-refractivity contribution >= 4 is 23.2 Å². The molecule has 2 aromatic rings. The lowest BCUT2D eigenvalue weighted by Crippen LogP contribution is -2.24. The smallest absolute Gasteiger partial charge is 0.254 e. The van der Waals surface area contributed by atoms with Crippen LogP contribution >= 0.6 is 11.6 Å². The van der Waals surface area contributed by atoms with Crippen molar-refractivity contribution in [3.8, 4) is 0 Å². The van der Waals surface area contributed by atoms with Crippen LogP contribution < -0.4 is 11.1 Å². The lowest BCUT2D eigenvalue weighted by molar-refractivity contribution is 0.0947. The SMILES string of the molecule is Nc1ccc(F)c(C(=O)NCc2ccc(F)c(Cl)c2)c1. The van der Waals surface area contributed by atoms with Gasteiger partial charge in [0, 0.05) is 12.2 Å². The predicted octanol–water partition coefficient (Wildman–Crippen LogP) is 3.13. The van der Waals surface area contributed by atoms with Crippen LogP contribution in [0.15, 0.2) is 36.4 Å². The van der Waals surface area contributed by atoms with Gasteiger partial charge in [-0.2, -0.15) is 0 Å². The second-order valence-electron chi connectivity index (χ2n) is 4.17. The van der Waals surface area contributed by atoms with Crippen molar-refractivity contribution in [3.63, 3.8) is 0 Å². The van der Waals surface area contributed by atoms with Crippen molar-refractivity contribution in [3.05, 3.63) is 64.2 Å². The molecule has 0 aliphatic heterocycles. The van der Waals surface area contributed by atoms with Gasteiger partial charge in [-0.3, -0.25) is 4.79 Å². The highest BCUT2D eigenvalue weighted by Gasteiger charge is 2.12. The number of nitrogen functional groups attached to an aromatic ring is 1. The number of anilines is 1. The van der Waals surface area contributed by atoms with E-state index in [-0.39, 0.29) is 17.1 Å². The molecule has 0 unspecified atom stereocenters. The van der Waals surface area contributed by atoms with Gasteiger partial charge >= 0.3 is 0 Å². The van der Waals surface area contributed by atoms with E-state index in [0.717, 1.165) is 6.07 Å². The molecule has 0 saturated carbocycles. The average molecular weight is 297 g/mol. The van der Waals surface area contributed by atoms with E-state index in [9.17, 15) is 13.6 Å². The molecule has 20 heavy (non-hydrogen) atoms. The Balaban J connectivity index is 2.08. The maximum atomic E-state index is 13.5. The molecule has 0 aromatic heterocycles. The van der Waals surface area contributed by atoms with Gasteiger partial charge in [0.05, 0.1) is 10.6 Å². The Morgan fingerprint density at radius 2 is 1.85 bits per heavy atom. The number of halogens is 3. The summed E-state index contributed by atoms with van der Waals surface area (Å²) in [4.78, 5) is 11.8. The van der Waals surface area contributed by atoms with Gasteiger partial charge in [-0.15, -0.1) is 0 Å². The Bertz CT molecular complexity index is 662. The molecule has 0 atom stereocenters. The highest BCUT2D eigenvalue weighted by Crippen LogP contribution is 2.16. The summed E-state index contributed by atoms with van der Waals surface area (Å²) in [5, 5.41) is 2.48. The zero-order valence-electron chi connectivity index (χ0n) is 10.3. The molecule has 2 rings (SSSR count). The summed E-state index contributed by atoms with van der Waals surface area (Å²) in [6, 6.07) is 7.82. The van der Waals surface area contributed by atoms with E-state index < -0.39 is 17.5 Å². The zero-order chi connectivity index (χ0) is 14.7. The monoisotopic (exact) mass is 296 g/mol. The van der Waals surface area contributed by atoms with E-state index in [1.807, 2.05) is 0 Å². The first-order valence-corrected chi connectivity index (χ1v) is 6.12. The molecule has 104 valence electrons. The van der Waals surface area contributed by atoms with Crippen molar-refractivity contribution in [1.29, 1.82) is 0 Å². The van der Waals surface area contributed by atoms with Gasteiger partial charge in [0.2, 0.25) is 0 Å². The second-order valence-corrected chi connectivity index (χ2v) is 4.58. The third-order valence-electron chi connectivity index (χ3n) is 2.67. The number of amides is 1. The van der Waals surface area contributed by atoms with Crippen molar-refractivity contribution in [2.75, 3.05) is 5.73 Å². The number of rotatable bonds is 3. The van der Waals surface area contributed by atoms with Crippen LogP contribution in [0.1, 0.15) is 15.9 Å². The minimum Gasteiger partial charge on any atom is -0.399 e. The highest BCUT2D eigenvalue weighted by molar-refractivity contribution is 6.30.